The summed E-state index contributed by atoms with van der Waals surface area (Å²) in [6.07, 6.45) is -1.32. The van der Waals surface area contributed by atoms with Crippen LogP contribution in [0, 0.1) is 0 Å². The number of aromatic nitrogens is 1. The first kappa shape index (κ1) is 20.4. The zero-order valence-corrected chi connectivity index (χ0v) is 14.7. The van der Waals surface area contributed by atoms with Gasteiger partial charge in [-0.15, -0.1) is 0 Å². The number of carbonyl (C=O) groups excluding carboxylic acids is 2. The number of esters is 1. The lowest BCUT2D eigenvalue weighted by atomic mass is 10.1. The zero-order valence-electron chi connectivity index (χ0n) is 14.7. The zero-order chi connectivity index (χ0) is 19.9. The number of hydrogen-bond donors (Lipinski definition) is 0. The molecule has 0 aliphatic heterocycles. The van der Waals surface area contributed by atoms with Gasteiger partial charge >= 0.3 is 12.1 Å². The van der Waals surface area contributed by atoms with Gasteiger partial charge in [-0.05, 0) is 42.8 Å². The largest absolute Gasteiger partial charge is 0.466 e. The summed E-state index contributed by atoms with van der Waals surface area (Å²) in [6, 6.07) is 7.46. The number of carbonyl (C=O) groups is 2. The maximum absolute atomic E-state index is 12.8. The maximum Gasteiger partial charge on any atom is 0.416 e. The summed E-state index contributed by atoms with van der Waals surface area (Å²) in [5.41, 5.74) is 0.0155. The van der Waals surface area contributed by atoms with Crippen molar-refractivity contribution in [3.05, 3.63) is 65.5 Å². The fourth-order valence-electron chi connectivity index (χ4n) is 2.41. The SMILES string of the molecule is CCOC(=O)CCN(Cc1cccnc1)C(=O)c1ccc(C(F)(F)F)cc1. The molecular weight excluding hydrogens is 361 g/mol. The second kappa shape index (κ2) is 9.16. The Kier molecular flexibility index (Phi) is 6.92. The Balaban J connectivity index is 2.17. The molecule has 0 aliphatic carbocycles. The number of hydrogen-bond acceptors (Lipinski definition) is 4. The highest BCUT2D eigenvalue weighted by Gasteiger charge is 2.30. The van der Waals surface area contributed by atoms with Gasteiger partial charge in [0, 0.05) is 31.0 Å². The van der Waals surface area contributed by atoms with E-state index in [1.54, 1.807) is 31.5 Å². The van der Waals surface area contributed by atoms with E-state index in [0.717, 1.165) is 29.8 Å². The number of benzene rings is 1. The molecule has 0 spiro atoms. The van der Waals surface area contributed by atoms with Crippen molar-refractivity contribution in [1.29, 1.82) is 0 Å². The fourth-order valence-corrected chi connectivity index (χ4v) is 2.41. The molecule has 0 saturated carbocycles. The highest BCUT2D eigenvalue weighted by molar-refractivity contribution is 5.94. The number of ether oxygens (including phenoxy) is 1. The number of alkyl halides is 3. The summed E-state index contributed by atoms with van der Waals surface area (Å²) in [5, 5.41) is 0. The molecule has 27 heavy (non-hydrogen) atoms. The number of amides is 1. The Labute approximate surface area is 154 Å². The van der Waals surface area contributed by atoms with Crippen LogP contribution in [0.5, 0.6) is 0 Å². The first-order chi connectivity index (χ1) is 12.8. The van der Waals surface area contributed by atoms with Gasteiger partial charge in [-0.1, -0.05) is 6.07 Å². The molecule has 1 aromatic heterocycles. The molecule has 8 heteroatoms. The van der Waals surface area contributed by atoms with Crippen molar-refractivity contribution in [2.45, 2.75) is 26.1 Å². The molecule has 0 atom stereocenters. The Hall–Kier alpha value is -2.90. The minimum atomic E-state index is -4.47. The highest BCUT2D eigenvalue weighted by atomic mass is 19.4. The molecule has 0 saturated heterocycles. The summed E-state index contributed by atoms with van der Waals surface area (Å²) in [4.78, 5) is 29.7. The van der Waals surface area contributed by atoms with Gasteiger partial charge in [-0.25, -0.2) is 0 Å². The summed E-state index contributed by atoms with van der Waals surface area (Å²) in [7, 11) is 0. The number of halogens is 3. The van der Waals surface area contributed by atoms with Crippen molar-refractivity contribution < 1.29 is 27.5 Å². The Morgan fingerprint density at radius 1 is 1.15 bits per heavy atom. The van der Waals surface area contributed by atoms with Crippen LogP contribution in [-0.2, 0) is 22.3 Å². The molecule has 0 fully saturated rings. The van der Waals surface area contributed by atoms with E-state index in [-0.39, 0.29) is 31.7 Å². The van der Waals surface area contributed by atoms with E-state index in [1.165, 1.54) is 4.90 Å². The second-order valence-corrected chi connectivity index (χ2v) is 5.72. The van der Waals surface area contributed by atoms with E-state index in [1.807, 2.05) is 0 Å². The Morgan fingerprint density at radius 3 is 2.41 bits per heavy atom. The first-order valence-electron chi connectivity index (χ1n) is 8.32. The van der Waals surface area contributed by atoms with Gasteiger partial charge in [-0.2, -0.15) is 13.2 Å². The molecule has 1 heterocycles. The average molecular weight is 380 g/mol. The van der Waals surface area contributed by atoms with Crippen LogP contribution in [-0.4, -0.2) is 34.9 Å². The van der Waals surface area contributed by atoms with Crippen LogP contribution in [0.4, 0.5) is 13.2 Å². The number of nitrogens with zero attached hydrogens (tertiary/aromatic N) is 2. The number of rotatable bonds is 7. The van der Waals surface area contributed by atoms with Crippen molar-refractivity contribution in [1.82, 2.24) is 9.88 Å². The molecule has 2 aromatic rings. The van der Waals surface area contributed by atoms with E-state index in [9.17, 15) is 22.8 Å². The van der Waals surface area contributed by atoms with Crippen LogP contribution < -0.4 is 0 Å². The van der Waals surface area contributed by atoms with Crippen molar-refractivity contribution >= 4 is 11.9 Å². The first-order valence-corrected chi connectivity index (χ1v) is 8.32. The monoisotopic (exact) mass is 380 g/mol. The van der Waals surface area contributed by atoms with Crippen LogP contribution in [0.2, 0.25) is 0 Å². The van der Waals surface area contributed by atoms with Crippen molar-refractivity contribution in [3.63, 3.8) is 0 Å². The van der Waals surface area contributed by atoms with Crippen LogP contribution in [0.25, 0.3) is 0 Å². The second-order valence-electron chi connectivity index (χ2n) is 5.72. The van der Waals surface area contributed by atoms with Gasteiger partial charge in [0.15, 0.2) is 0 Å². The minimum absolute atomic E-state index is 0.0134. The van der Waals surface area contributed by atoms with Gasteiger partial charge in [-0.3, -0.25) is 14.6 Å². The molecule has 2 rings (SSSR count). The molecule has 0 N–H and O–H groups in total. The van der Waals surface area contributed by atoms with Crippen molar-refractivity contribution in [2.24, 2.45) is 0 Å². The van der Waals surface area contributed by atoms with Crippen molar-refractivity contribution in [2.75, 3.05) is 13.2 Å². The quantitative estimate of drug-likeness (QED) is 0.688. The topological polar surface area (TPSA) is 59.5 Å². The van der Waals surface area contributed by atoms with Crippen molar-refractivity contribution in [3.8, 4) is 0 Å². The smallest absolute Gasteiger partial charge is 0.416 e. The molecule has 144 valence electrons. The third kappa shape index (κ3) is 6.09. The molecule has 1 amide bonds. The van der Waals surface area contributed by atoms with E-state index in [0.29, 0.717) is 0 Å². The number of pyridine rings is 1. The summed E-state index contributed by atoms with van der Waals surface area (Å²) >= 11 is 0. The lowest BCUT2D eigenvalue weighted by Crippen LogP contribution is -2.33. The van der Waals surface area contributed by atoms with Gasteiger partial charge in [0.25, 0.3) is 5.91 Å². The summed E-state index contributed by atoms with van der Waals surface area (Å²) < 4.78 is 43.0. The molecule has 0 radical (unpaired) electrons. The molecule has 0 unspecified atom stereocenters. The van der Waals surface area contributed by atoms with Gasteiger partial charge in [0.05, 0.1) is 18.6 Å². The van der Waals surface area contributed by atoms with E-state index in [2.05, 4.69) is 4.98 Å². The third-order valence-electron chi connectivity index (χ3n) is 3.73. The molecular formula is C19H19F3N2O3. The molecule has 5 nitrogen and oxygen atoms in total. The minimum Gasteiger partial charge on any atom is -0.466 e. The fraction of sp³-hybridized carbons (Fsp3) is 0.316. The molecule has 1 aromatic carbocycles. The lowest BCUT2D eigenvalue weighted by molar-refractivity contribution is -0.143. The summed E-state index contributed by atoms with van der Waals surface area (Å²) in [6.45, 7) is 2.16. The van der Waals surface area contributed by atoms with Gasteiger partial charge in [0.1, 0.15) is 0 Å². The predicted molar refractivity (Wildman–Crippen MR) is 91.7 cm³/mol. The Morgan fingerprint density at radius 2 is 1.85 bits per heavy atom. The standard InChI is InChI=1S/C19H19F3N2O3/c1-2-27-17(25)9-11-24(13-14-4-3-10-23-12-14)18(26)15-5-7-16(8-6-15)19(20,21)22/h3-8,10,12H,2,9,11,13H2,1H3. The molecule has 0 aliphatic rings. The van der Waals surface area contributed by atoms with E-state index in [4.69, 9.17) is 4.74 Å². The molecule has 0 bridgehead atoms. The summed E-state index contributed by atoms with van der Waals surface area (Å²) in [5.74, 6) is -0.925. The predicted octanol–water partition coefficient (Wildman–Crippen LogP) is 3.70. The average Bonchev–Trinajstić information content (AvgIpc) is 2.65. The van der Waals surface area contributed by atoms with Crippen LogP contribution in [0.3, 0.4) is 0 Å². The van der Waals surface area contributed by atoms with Crippen LogP contribution in [0.15, 0.2) is 48.8 Å². The van der Waals surface area contributed by atoms with E-state index < -0.39 is 23.6 Å². The van der Waals surface area contributed by atoms with E-state index >= 15 is 0 Å². The van der Waals surface area contributed by atoms with Gasteiger partial charge in [0.2, 0.25) is 0 Å². The maximum atomic E-state index is 12.8. The Bertz CT molecular complexity index is 762. The highest BCUT2D eigenvalue weighted by Crippen LogP contribution is 2.29. The van der Waals surface area contributed by atoms with Crippen LogP contribution >= 0.6 is 0 Å². The van der Waals surface area contributed by atoms with Gasteiger partial charge < -0.3 is 9.64 Å². The third-order valence-corrected chi connectivity index (χ3v) is 3.73. The normalized spacial score (nSPS) is 11.1. The van der Waals surface area contributed by atoms with Crippen LogP contribution in [0.1, 0.15) is 34.8 Å². The lowest BCUT2D eigenvalue weighted by Gasteiger charge is -2.22.